The first kappa shape index (κ1) is 12.6. The van der Waals surface area contributed by atoms with E-state index in [1.54, 1.807) is 0 Å². The number of carbonyl (C=O) groups excluding carboxylic acids is 1. The van der Waals surface area contributed by atoms with E-state index in [-0.39, 0.29) is 18.1 Å². The van der Waals surface area contributed by atoms with Crippen LogP contribution in [0.2, 0.25) is 0 Å². The van der Waals surface area contributed by atoms with E-state index >= 15 is 0 Å². The van der Waals surface area contributed by atoms with Crippen molar-refractivity contribution in [2.75, 3.05) is 0 Å². The summed E-state index contributed by atoms with van der Waals surface area (Å²) in [5.41, 5.74) is 1.11. The first-order chi connectivity index (χ1) is 7.63. The summed E-state index contributed by atoms with van der Waals surface area (Å²) in [6, 6.07) is 10.1. The van der Waals surface area contributed by atoms with Crippen LogP contribution in [0.4, 0.5) is 4.79 Å². The maximum atomic E-state index is 11.6. The zero-order valence-corrected chi connectivity index (χ0v) is 10.2. The van der Waals surface area contributed by atoms with Crippen LogP contribution in [0.15, 0.2) is 30.3 Å². The highest BCUT2D eigenvalue weighted by atomic mass is 16.2. The van der Waals surface area contributed by atoms with E-state index < -0.39 is 0 Å². The first-order valence-electron chi connectivity index (χ1n) is 5.75. The Labute approximate surface area is 97.2 Å². The van der Waals surface area contributed by atoms with Gasteiger partial charge in [0.1, 0.15) is 0 Å². The van der Waals surface area contributed by atoms with Crippen LogP contribution >= 0.6 is 0 Å². The van der Waals surface area contributed by atoms with E-state index in [4.69, 9.17) is 0 Å². The Kier molecular flexibility index (Phi) is 4.83. The van der Waals surface area contributed by atoms with Gasteiger partial charge >= 0.3 is 6.03 Å². The van der Waals surface area contributed by atoms with E-state index in [1.165, 1.54) is 0 Å². The molecule has 0 aromatic heterocycles. The normalized spacial score (nSPS) is 13.9. The number of nitrogens with one attached hydrogen (secondary N) is 2. The molecule has 2 N–H and O–H groups in total. The van der Waals surface area contributed by atoms with Gasteiger partial charge in [-0.1, -0.05) is 37.3 Å². The number of benzene rings is 1. The lowest BCUT2D eigenvalue weighted by Crippen LogP contribution is -2.41. The standard InChI is InChI=1S/C13H20N2O/c1-4-10(2)14-13(16)15-11(3)12-8-6-5-7-9-12/h5-11H,4H2,1-3H3,(H2,14,15,16). The number of urea groups is 1. The molecule has 0 aliphatic rings. The van der Waals surface area contributed by atoms with Crippen LogP contribution in [0, 0.1) is 0 Å². The molecule has 0 radical (unpaired) electrons. The monoisotopic (exact) mass is 220 g/mol. The fourth-order valence-corrected chi connectivity index (χ4v) is 1.39. The maximum absolute atomic E-state index is 11.6. The third-order valence-electron chi connectivity index (χ3n) is 2.64. The van der Waals surface area contributed by atoms with Crippen molar-refractivity contribution in [3.05, 3.63) is 35.9 Å². The second kappa shape index (κ2) is 6.16. The number of amides is 2. The molecule has 0 aliphatic carbocycles. The average Bonchev–Trinajstić information content (AvgIpc) is 2.29. The summed E-state index contributed by atoms with van der Waals surface area (Å²) in [5, 5.41) is 5.79. The number of hydrogen-bond donors (Lipinski definition) is 2. The Morgan fingerprint density at radius 1 is 1.19 bits per heavy atom. The van der Waals surface area contributed by atoms with Gasteiger partial charge in [-0.05, 0) is 25.8 Å². The molecule has 0 fully saturated rings. The predicted octanol–water partition coefficient (Wildman–Crippen LogP) is 2.85. The Morgan fingerprint density at radius 2 is 1.81 bits per heavy atom. The smallest absolute Gasteiger partial charge is 0.315 e. The molecule has 1 rings (SSSR count). The molecule has 16 heavy (non-hydrogen) atoms. The van der Waals surface area contributed by atoms with Crippen LogP contribution in [-0.2, 0) is 0 Å². The minimum atomic E-state index is -0.106. The Hall–Kier alpha value is -1.51. The molecule has 2 atom stereocenters. The second-order valence-corrected chi connectivity index (χ2v) is 4.06. The Morgan fingerprint density at radius 3 is 2.38 bits per heavy atom. The zero-order valence-electron chi connectivity index (χ0n) is 10.2. The molecule has 0 saturated heterocycles. The quantitative estimate of drug-likeness (QED) is 0.805. The molecule has 1 aromatic carbocycles. The molecule has 2 unspecified atom stereocenters. The molecule has 0 heterocycles. The maximum Gasteiger partial charge on any atom is 0.315 e. The summed E-state index contributed by atoms with van der Waals surface area (Å²) in [6.07, 6.45) is 0.938. The molecule has 3 heteroatoms. The number of hydrogen-bond acceptors (Lipinski definition) is 1. The molecular weight excluding hydrogens is 200 g/mol. The predicted molar refractivity (Wildman–Crippen MR) is 66.3 cm³/mol. The molecular formula is C13H20N2O. The summed E-state index contributed by atoms with van der Waals surface area (Å²) < 4.78 is 0. The van der Waals surface area contributed by atoms with Gasteiger partial charge in [0.25, 0.3) is 0 Å². The van der Waals surface area contributed by atoms with Gasteiger partial charge in [0, 0.05) is 6.04 Å². The molecule has 2 amide bonds. The van der Waals surface area contributed by atoms with Gasteiger partial charge in [-0.25, -0.2) is 4.79 Å². The van der Waals surface area contributed by atoms with Crippen LogP contribution in [0.5, 0.6) is 0 Å². The molecule has 0 saturated carbocycles. The molecule has 1 aromatic rings. The van der Waals surface area contributed by atoms with Crippen molar-refractivity contribution >= 4 is 6.03 Å². The third kappa shape index (κ3) is 3.93. The summed E-state index contributed by atoms with van der Waals surface area (Å²) in [6.45, 7) is 6.02. The highest BCUT2D eigenvalue weighted by molar-refractivity contribution is 5.74. The lowest BCUT2D eigenvalue weighted by molar-refractivity contribution is 0.234. The van der Waals surface area contributed by atoms with Crippen molar-refractivity contribution in [1.82, 2.24) is 10.6 Å². The van der Waals surface area contributed by atoms with Crippen molar-refractivity contribution in [3.8, 4) is 0 Å². The molecule has 0 spiro atoms. The first-order valence-corrected chi connectivity index (χ1v) is 5.75. The van der Waals surface area contributed by atoms with Crippen LogP contribution in [-0.4, -0.2) is 12.1 Å². The number of rotatable bonds is 4. The molecule has 0 aliphatic heterocycles. The highest BCUT2D eigenvalue weighted by Crippen LogP contribution is 2.10. The van der Waals surface area contributed by atoms with Gasteiger partial charge < -0.3 is 10.6 Å². The third-order valence-corrected chi connectivity index (χ3v) is 2.64. The van der Waals surface area contributed by atoms with Crippen molar-refractivity contribution in [2.45, 2.75) is 39.3 Å². The highest BCUT2D eigenvalue weighted by Gasteiger charge is 2.09. The Bertz CT molecular complexity index is 324. The van der Waals surface area contributed by atoms with Gasteiger partial charge in [0.2, 0.25) is 0 Å². The minimum Gasteiger partial charge on any atom is -0.336 e. The topological polar surface area (TPSA) is 41.1 Å². The summed E-state index contributed by atoms with van der Waals surface area (Å²) in [4.78, 5) is 11.6. The van der Waals surface area contributed by atoms with E-state index in [2.05, 4.69) is 10.6 Å². The van der Waals surface area contributed by atoms with Crippen LogP contribution in [0.3, 0.4) is 0 Å². The summed E-state index contributed by atoms with van der Waals surface area (Å²) >= 11 is 0. The van der Waals surface area contributed by atoms with E-state index in [0.29, 0.717) is 0 Å². The van der Waals surface area contributed by atoms with Gasteiger partial charge in [0.05, 0.1) is 6.04 Å². The van der Waals surface area contributed by atoms with E-state index in [0.717, 1.165) is 12.0 Å². The Balaban J connectivity index is 2.46. The fraction of sp³-hybridized carbons (Fsp3) is 0.462. The lowest BCUT2D eigenvalue weighted by atomic mass is 10.1. The van der Waals surface area contributed by atoms with Crippen LogP contribution < -0.4 is 10.6 Å². The number of carbonyl (C=O) groups is 1. The SMILES string of the molecule is CCC(C)NC(=O)NC(C)c1ccccc1. The van der Waals surface area contributed by atoms with Crippen molar-refractivity contribution < 1.29 is 4.79 Å². The van der Waals surface area contributed by atoms with Gasteiger partial charge in [-0.2, -0.15) is 0 Å². The molecule has 0 bridgehead atoms. The van der Waals surface area contributed by atoms with Crippen LogP contribution in [0.25, 0.3) is 0 Å². The van der Waals surface area contributed by atoms with E-state index in [9.17, 15) is 4.79 Å². The largest absolute Gasteiger partial charge is 0.336 e. The van der Waals surface area contributed by atoms with Crippen molar-refractivity contribution in [3.63, 3.8) is 0 Å². The van der Waals surface area contributed by atoms with Crippen LogP contribution in [0.1, 0.15) is 38.8 Å². The van der Waals surface area contributed by atoms with Crippen molar-refractivity contribution in [2.24, 2.45) is 0 Å². The summed E-state index contributed by atoms with van der Waals surface area (Å²) in [5.74, 6) is 0. The van der Waals surface area contributed by atoms with E-state index in [1.807, 2.05) is 51.1 Å². The fourth-order valence-electron chi connectivity index (χ4n) is 1.39. The average molecular weight is 220 g/mol. The molecule has 3 nitrogen and oxygen atoms in total. The summed E-state index contributed by atoms with van der Waals surface area (Å²) in [7, 11) is 0. The van der Waals surface area contributed by atoms with Gasteiger partial charge in [0.15, 0.2) is 0 Å². The minimum absolute atomic E-state index is 0.0326. The van der Waals surface area contributed by atoms with Gasteiger partial charge in [-0.15, -0.1) is 0 Å². The lowest BCUT2D eigenvalue weighted by Gasteiger charge is -2.17. The molecule has 88 valence electrons. The second-order valence-electron chi connectivity index (χ2n) is 4.06. The zero-order chi connectivity index (χ0) is 12.0. The van der Waals surface area contributed by atoms with Crippen molar-refractivity contribution in [1.29, 1.82) is 0 Å². The van der Waals surface area contributed by atoms with Gasteiger partial charge in [-0.3, -0.25) is 0 Å².